The molecular formula is C11H8N2O2. The zero-order chi connectivity index (χ0) is 10.7. The van der Waals surface area contributed by atoms with Crippen LogP contribution in [0.4, 0.5) is 0 Å². The third kappa shape index (κ3) is 1.81. The van der Waals surface area contributed by atoms with Gasteiger partial charge in [0.25, 0.3) is 0 Å². The van der Waals surface area contributed by atoms with Gasteiger partial charge < -0.3 is 9.72 Å². The molecule has 0 bridgehead atoms. The monoisotopic (exact) mass is 200 g/mol. The van der Waals surface area contributed by atoms with E-state index in [1.54, 1.807) is 18.3 Å². The summed E-state index contributed by atoms with van der Waals surface area (Å²) in [7, 11) is 0. The third-order valence-corrected chi connectivity index (χ3v) is 1.91. The summed E-state index contributed by atoms with van der Waals surface area (Å²) in [5.74, 6) is 1.71. The van der Waals surface area contributed by atoms with Crippen LogP contribution >= 0.6 is 0 Å². The Labute approximate surface area is 86.3 Å². The number of carbonyl (C=O) groups is 1. The number of carbonyl (C=O) groups excluding carboxylic acids is 1. The van der Waals surface area contributed by atoms with E-state index < -0.39 is 5.97 Å². The maximum Gasteiger partial charge on any atom is 0.357 e. The van der Waals surface area contributed by atoms with Crippen molar-refractivity contribution < 1.29 is 9.53 Å². The average molecular weight is 200 g/mol. The van der Waals surface area contributed by atoms with E-state index in [9.17, 15) is 4.79 Å². The molecule has 0 aliphatic heterocycles. The van der Waals surface area contributed by atoms with E-state index in [1.807, 2.05) is 6.07 Å². The normalized spacial score (nSPS) is 9.80. The number of hydrogen-bond acceptors (Lipinski definition) is 3. The second-order valence-corrected chi connectivity index (χ2v) is 2.89. The molecule has 0 spiro atoms. The Kier molecular flexibility index (Phi) is 2.38. The van der Waals surface area contributed by atoms with E-state index in [-0.39, 0.29) is 12.3 Å². The van der Waals surface area contributed by atoms with E-state index in [1.165, 1.54) is 0 Å². The number of nitrogens with zero attached hydrogens (tertiary/aromatic N) is 1. The van der Waals surface area contributed by atoms with Crippen molar-refractivity contribution in [2.24, 2.45) is 0 Å². The molecule has 2 aromatic rings. The molecular weight excluding hydrogens is 192 g/mol. The summed E-state index contributed by atoms with van der Waals surface area (Å²) in [6.45, 7) is -0.0384. The fraction of sp³-hybridized carbons (Fsp3) is 0.0909. The maximum absolute atomic E-state index is 11.4. The Morgan fingerprint density at radius 1 is 1.53 bits per heavy atom. The largest absolute Gasteiger partial charge is 0.448 e. The van der Waals surface area contributed by atoms with Crippen LogP contribution in [0.2, 0.25) is 0 Å². The summed E-state index contributed by atoms with van der Waals surface area (Å²) in [5.41, 5.74) is 0.908. The average Bonchev–Trinajstić information content (AvgIpc) is 2.72. The molecule has 0 saturated carbocycles. The number of fused-ring (bicyclic) bond motifs is 1. The van der Waals surface area contributed by atoms with Crippen LogP contribution in [0.5, 0.6) is 0 Å². The molecule has 0 aliphatic carbocycles. The van der Waals surface area contributed by atoms with Crippen molar-refractivity contribution in [1.82, 2.24) is 9.97 Å². The molecule has 1 N–H and O–H groups in total. The SMILES string of the molecule is C#CCOC(=O)c1ccc2cc[nH]c2n1. The first-order valence-corrected chi connectivity index (χ1v) is 4.36. The summed E-state index contributed by atoms with van der Waals surface area (Å²) in [6.07, 6.45) is 6.73. The molecule has 0 fully saturated rings. The standard InChI is InChI=1S/C11H8N2O2/c1-2-7-15-11(14)9-4-3-8-5-6-12-10(8)13-9/h1,3-6H,7H2,(H,12,13). The van der Waals surface area contributed by atoms with Crippen LogP contribution in [-0.2, 0) is 4.74 Å². The van der Waals surface area contributed by atoms with Gasteiger partial charge in [-0.05, 0) is 18.2 Å². The highest BCUT2D eigenvalue weighted by Gasteiger charge is 2.08. The van der Waals surface area contributed by atoms with Crippen molar-refractivity contribution in [2.45, 2.75) is 0 Å². The van der Waals surface area contributed by atoms with E-state index in [0.29, 0.717) is 5.65 Å². The number of pyridine rings is 1. The summed E-state index contributed by atoms with van der Waals surface area (Å²) in [5, 5.41) is 0.948. The Morgan fingerprint density at radius 3 is 3.20 bits per heavy atom. The molecule has 0 saturated heterocycles. The minimum atomic E-state index is -0.510. The molecule has 74 valence electrons. The predicted octanol–water partition coefficient (Wildman–Crippen LogP) is 1.35. The lowest BCUT2D eigenvalue weighted by Gasteiger charge is -1.99. The van der Waals surface area contributed by atoms with Crippen molar-refractivity contribution in [2.75, 3.05) is 6.61 Å². The first-order valence-electron chi connectivity index (χ1n) is 4.36. The predicted molar refractivity (Wildman–Crippen MR) is 55.2 cm³/mol. The van der Waals surface area contributed by atoms with Crippen LogP contribution in [0.15, 0.2) is 24.4 Å². The number of aromatic amines is 1. The van der Waals surface area contributed by atoms with Gasteiger partial charge in [0.15, 0.2) is 12.3 Å². The number of nitrogens with one attached hydrogen (secondary N) is 1. The van der Waals surface area contributed by atoms with Crippen LogP contribution in [0.3, 0.4) is 0 Å². The molecule has 15 heavy (non-hydrogen) atoms. The quantitative estimate of drug-likeness (QED) is 0.588. The van der Waals surface area contributed by atoms with Gasteiger partial charge in [-0.3, -0.25) is 0 Å². The second kappa shape index (κ2) is 3.84. The molecule has 0 radical (unpaired) electrons. The molecule has 2 aromatic heterocycles. The number of H-pyrrole nitrogens is 1. The highest BCUT2D eigenvalue weighted by atomic mass is 16.5. The van der Waals surface area contributed by atoms with Gasteiger partial charge in [-0.1, -0.05) is 5.92 Å². The van der Waals surface area contributed by atoms with Crippen LogP contribution in [0.1, 0.15) is 10.5 Å². The first-order chi connectivity index (χ1) is 7.31. The van der Waals surface area contributed by atoms with Gasteiger partial charge in [0, 0.05) is 11.6 Å². The first kappa shape index (κ1) is 9.28. The minimum Gasteiger partial charge on any atom is -0.448 e. The zero-order valence-corrected chi connectivity index (χ0v) is 7.86. The molecule has 0 atom stereocenters. The Balaban J connectivity index is 2.28. The number of rotatable bonds is 2. The smallest absolute Gasteiger partial charge is 0.357 e. The summed E-state index contributed by atoms with van der Waals surface area (Å²) < 4.78 is 4.75. The van der Waals surface area contributed by atoms with E-state index >= 15 is 0 Å². The van der Waals surface area contributed by atoms with E-state index in [4.69, 9.17) is 11.2 Å². The molecule has 4 nitrogen and oxygen atoms in total. The van der Waals surface area contributed by atoms with Gasteiger partial charge in [0.05, 0.1) is 0 Å². The maximum atomic E-state index is 11.4. The number of terminal acetylenes is 1. The molecule has 0 aliphatic rings. The highest BCUT2D eigenvalue weighted by Crippen LogP contribution is 2.10. The fourth-order valence-corrected chi connectivity index (χ4v) is 1.23. The van der Waals surface area contributed by atoms with Gasteiger partial charge in [-0.2, -0.15) is 0 Å². The van der Waals surface area contributed by atoms with Crippen molar-refractivity contribution in [3.8, 4) is 12.3 Å². The topological polar surface area (TPSA) is 55.0 Å². The summed E-state index contributed by atoms with van der Waals surface area (Å²) in [4.78, 5) is 18.4. The molecule has 0 unspecified atom stereocenters. The van der Waals surface area contributed by atoms with Crippen molar-refractivity contribution in [3.05, 3.63) is 30.1 Å². The van der Waals surface area contributed by atoms with Crippen LogP contribution in [-0.4, -0.2) is 22.5 Å². The fourth-order valence-electron chi connectivity index (χ4n) is 1.23. The number of esters is 1. The van der Waals surface area contributed by atoms with Crippen LogP contribution in [0, 0.1) is 12.3 Å². The zero-order valence-electron chi connectivity index (χ0n) is 7.86. The molecule has 4 heteroatoms. The molecule has 0 amide bonds. The molecule has 2 heterocycles. The molecule has 2 rings (SSSR count). The van der Waals surface area contributed by atoms with E-state index in [0.717, 1.165) is 5.39 Å². The van der Waals surface area contributed by atoms with E-state index in [2.05, 4.69) is 15.9 Å². The van der Waals surface area contributed by atoms with Gasteiger partial charge in [0.2, 0.25) is 0 Å². The minimum absolute atomic E-state index is 0.0384. The Morgan fingerprint density at radius 2 is 2.40 bits per heavy atom. The Bertz CT molecular complexity index is 537. The van der Waals surface area contributed by atoms with Gasteiger partial charge >= 0.3 is 5.97 Å². The van der Waals surface area contributed by atoms with Gasteiger partial charge in [0.1, 0.15) is 5.65 Å². The summed E-state index contributed by atoms with van der Waals surface area (Å²) >= 11 is 0. The Hall–Kier alpha value is -2.28. The lowest BCUT2D eigenvalue weighted by atomic mass is 10.3. The summed E-state index contributed by atoms with van der Waals surface area (Å²) in [6, 6.07) is 5.28. The number of aromatic nitrogens is 2. The van der Waals surface area contributed by atoms with Crippen molar-refractivity contribution in [1.29, 1.82) is 0 Å². The van der Waals surface area contributed by atoms with Gasteiger partial charge in [-0.15, -0.1) is 6.42 Å². The number of hydrogen-bond donors (Lipinski definition) is 1. The van der Waals surface area contributed by atoms with Crippen molar-refractivity contribution in [3.63, 3.8) is 0 Å². The molecule has 0 aromatic carbocycles. The van der Waals surface area contributed by atoms with Crippen LogP contribution in [0.25, 0.3) is 11.0 Å². The third-order valence-electron chi connectivity index (χ3n) is 1.91. The number of ether oxygens (including phenoxy) is 1. The van der Waals surface area contributed by atoms with Crippen molar-refractivity contribution >= 4 is 17.0 Å². The highest BCUT2D eigenvalue weighted by molar-refractivity contribution is 5.90. The lowest BCUT2D eigenvalue weighted by molar-refractivity contribution is 0.0550. The lowest BCUT2D eigenvalue weighted by Crippen LogP contribution is -2.07. The second-order valence-electron chi connectivity index (χ2n) is 2.89. The van der Waals surface area contributed by atoms with Crippen LogP contribution < -0.4 is 0 Å². The van der Waals surface area contributed by atoms with Gasteiger partial charge in [-0.25, -0.2) is 9.78 Å².